The zero-order valence-corrected chi connectivity index (χ0v) is 11.3. The number of hydrogen-bond donors (Lipinski definition) is 1. The zero-order valence-electron chi connectivity index (χ0n) is 11.3. The topological polar surface area (TPSA) is 128 Å². The van der Waals surface area contributed by atoms with Crippen LogP contribution >= 0.6 is 0 Å². The van der Waals surface area contributed by atoms with Gasteiger partial charge >= 0.3 is 11.6 Å². The van der Waals surface area contributed by atoms with E-state index >= 15 is 0 Å². The third-order valence-corrected chi connectivity index (χ3v) is 2.79. The van der Waals surface area contributed by atoms with Crippen molar-refractivity contribution in [2.24, 2.45) is 0 Å². The number of nitrogens with zero attached hydrogens (tertiary/aromatic N) is 4. The van der Waals surface area contributed by atoms with Crippen LogP contribution in [0.5, 0.6) is 11.6 Å². The number of nitrogen functional groups attached to an aromatic ring is 1. The van der Waals surface area contributed by atoms with Gasteiger partial charge in [-0.15, -0.1) is 0 Å². The van der Waals surface area contributed by atoms with Crippen molar-refractivity contribution in [1.82, 2.24) is 9.97 Å². The Morgan fingerprint density at radius 2 is 1.95 bits per heavy atom. The fraction of sp³-hybridized carbons (Fsp3) is 0.154. The van der Waals surface area contributed by atoms with Gasteiger partial charge in [-0.25, -0.2) is 4.98 Å². The van der Waals surface area contributed by atoms with Crippen molar-refractivity contribution < 1.29 is 9.66 Å². The standard InChI is InChI=1S/C13H11N5O3/c1-7-3-9(5-14)4-8(2)11(7)21-13-10(18(19)20)12(15)16-6-17-13/h3-4,6H,1-2H3,(H2,15,16,17). The van der Waals surface area contributed by atoms with Gasteiger partial charge in [0.05, 0.1) is 16.6 Å². The van der Waals surface area contributed by atoms with Crippen molar-refractivity contribution in [2.75, 3.05) is 5.73 Å². The number of benzene rings is 1. The summed E-state index contributed by atoms with van der Waals surface area (Å²) >= 11 is 0. The molecule has 0 aliphatic carbocycles. The smallest absolute Gasteiger partial charge is 0.372 e. The third kappa shape index (κ3) is 2.71. The maximum atomic E-state index is 11.0. The molecule has 0 amide bonds. The number of anilines is 1. The molecule has 8 heteroatoms. The van der Waals surface area contributed by atoms with Gasteiger partial charge in [-0.1, -0.05) is 0 Å². The lowest BCUT2D eigenvalue weighted by molar-refractivity contribution is -0.385. The second-order valence-electron chi connectivity index (χ2n) is 4.32. The summed E-state index contributed by atoms with van der Waals surface area (Å²) in [5.41, 5.74) is 6.81. The highest BCUT2D eigenvalue weighted by Gasteiger charge is 2.24. The van der Waals surface area contributed by atoms with Crippen molar-refractivity contribution in [2.45, 2.75) is 13.8 Å². The fourth-order valence-corrected chi connectivity index (χ4v) is 1.89. The maximum Gasteiger partial charge on any atom is 0.372 e. The van der Waals surface area contributed by atoms with E-state index in [1.165, 1.54) is 0 Å². The molecule has 0 fully saturated rings. The number of rotatable bonds is 3. The Balaban J connectivity index is 2.52. The minimum atomic E-state index is -0.695. The average Bonchev–Trinajstić information content (AvgIpc) is 2.42. The van der Waals surface area contributed by atoms with Gasteiger partial charge in [0, 0.05) is 0 Å². The normalized spacial score (nSPS) is 9.95. The molecule has 0 saturated carbocycles. The minimum Gasteiger partial charge on any atom is -0.433 e. The number of nitriles is 1. The molecule has 0 bridgehead atoms. The Morgan fingerprint density at radius 1 is 1.33 bits per heavy atom. The predicted octanol–water partition coefficient (Wildman–Crippen LogP) is 2.25. The van der Waals surface area contributed by atoms with Crippen molar-refractivity contribution in [1.29, 1.82) is 5.26 Å². The number of hydrogen-bond acceptors (Lipinski definition) is 7. The molecule has 2 aromatic rings. The van der Waals surface area contributed by atoms with Gasteiger partial charge in [-0.3, -0.25) is 10.1 Å². The molecule has 0 saturated heterocycles. The van der Waals surface area contributed by atoms with E-state index in [9.17, 15) is 10.1 Å². The van der Waals surface area contributed by atoms with E-state index in [0.29, 0.717) is 22.4 Å². The number of ether oxygens (including phenoxy) is 1. The summed E-state index contributed by atoms with van der Waals surface area (Å²) in [6, 6.07) is 5.28. The highest BCUT2D eigenvalue weighted by atomic mass is 16.6. The van der Waals surface area contributed by atoms with Crippen molar-refractivity contribution in [3.05, 3.63) is 45.3 Å². The van der Waals surface area contributed by atoms with E-state index in [1.54, 1.807) is 26.0 Å². The number of nitro groups is 1. The third-order valence-electron chi connectivity index (χ3n) is 2.79. The Morgan fingerprint density at radius 3 is 2.48 bits per heavy atom. The number of aromatic nitrogens is 2. The molecule has 0 aliphatic rings. The van der Waals surface area contributed by atoms with Crippen molar-refractivity contribution in [3.8, 4) is 17.7 Å². The maximum absolute atomic E-state index is 11.0. The quantitative estimate of drug-likeness (QED) is 0.676. The van der Waals surface area contributed by atoms with Gasteiger partial charge < -0.3 is 10.5 Å². The van der Waals surface area contributed by atoms with Crippen LogP contribution in [0.15, 0.2) is 18.5 Å². The first-order valence-corrected chi connectivity index (χ1v) is 5.88. The first-order chi connectivity index (χ1) is 9.93. The molecular formula is C13H11N5O3. The van der Waals surface area contributed by atoms with Gasteiger partial charge in [-0.2, -0.15) is 10.2 Å². The molecule has 106 valence electrons. The summed E-state index contributed by atoms with van der Waals surface area (Å²) in [6.07, 6.45) is 1.09. The van der Waals surface area contributed by atoms with Crippen LogP contribution in [-0.2, 0) is 0 Å². The van der Waals surface area contributed by atoms with Crippen LogP contribution in [0.4, 0.5) is 11.5 Å². The Kier molecular flexibility index (Phi) is 3.67. The second-order valence-corrected chi connectivity index (χ2v) is 4.32. The summed E-state index contributed by atoms with van der Waals surface area (Å²) in [5.74, 6) is -0.104. The largest absolute Gasteiger partial charge is 0.433 e. The predicted molar refractivity (Wildman–Crippen MR) is 73.8 cm³/mol. The molecule has 2 N–H and O–H groups in total. The first kappa shape index (κ1) is 14.2. The molecule has 1 aromatic carbocycles. The van der Waals surface area contributed by atoms with Gasteiger partial charge in [-0.05, 0) is 37.1 Å². The van der Waals surface area contributed by atoms with Crippen LogP contribution in [0.2, 0.25) is 0 Å². The van der Waals surface area contributed by atoms with Gasteiger partial charge in [0.2, 0.25) is 5.82 Å². The van der Waals surface area contributed by atoms with Gasteiger partial charge in [0.1, 0.15) is 12.1 Å². The monoisotopic (exact) mass is 285 g/mol. The van der Waals surface area contributed by atoms with Gasteiger partial charge in [0.15, 0.2) is 0 Å². The Labute approximate surface area is 120 Å². The number of aryl methyl sites for hydroxylation is 2. The zero-order chi connectivity index (χ0) is 15.6. The van der Waals surface area contributed by atoms with Crippen LogP contribution < -0.4 is 10.5 Å². The summed E-state index contributed by atoms with van der Waals surface area (Å²) in [5, 5.41) is 19.9. The lowest BCUT2D eigenvalue weighted by Crippen LogP contribution is -2.03. The summed E-state index contributed by atoms with van der Waals surface area (Å²) < 4.78 is 5.53. The van der Waals surface area contributed by atoms with E-state index in [4.69, 9.17) is 15.7 Å². The summed E-state index contributed by atoms with van der Waals surface area (Å²) in [6.45, 7) is 3.47. The SMILES string of the molecule is Cc1cc(C#N)cc(C)c1Oc1ncnc(N)c1[N+](=O)[O-]. The lowest BCUT2D eigenvalue weighted by Gasteiger charge is -2.11. The molecule has 2 rings (SSSR count). The first-order valence-electron chi connectivity index (χ1n) is 5.88. The fourth-order valence-electron chi connectivity index (χ4n) is 1.89. The van der Waals surface area contributed by atoms with E-state index in [1.807, 2.05) is 6.07 Å². The van der Waals surface area contributed by atoms with Crippen molar-refractivity contribution in [3.63, 3.8) is 0 Å². The van der Waals surface area contributed by atoms with Crippen LogP contribution in [-0.4, -0.2) is 14.9 Å². The lowest BCUT2D eigenvalue weighted by atomic mass is 10.1. The van der Waals surface area contributed by atoms with E-state index in [2.05, 4.69) is 9.97 Å². The van der Waals surface area contributed by atoms with Crippen LogP contribution in [0.3, 0.4) is 0 Å². The molecule has 0 unspecified atom stereocenters. The summed E-state index contributed by atoms with van der Waals surface area (Å²) in [4.78, 5) is 17.7. The molecule has 1 heterocycles. The molecule has 0 atom stereocenters. The van der Waals surface area contributed by atoms with E-state index in [-0.39, 0.29) is 11.7 Å². The molecule has 8 nitrogen and oxygen atoms in total. The van der Waals surface area contributed by atoms with Gasteiger partial charge in [0.25, 0.3) is 0 Å². The highest BCUT2D eigenvalue weighted by molar-refractivity contribution is 5.59. The van der Waals surface area contributed by atoms with Crippen LogP contribution in [0.1, 0.15) is 16.7 Å². The molecule has 21 heavy (non-hydrogen) atoms. The van der Waals surface area contributed by atoms with E-state index < -0.39 is 10.6 Å². The van der Waals surface area contributed by atoms with Crippen molar-refractivity contribution >= 4 is 11.5 Å². The average molecular weight is 285 g/mol. The number of nitrogens with two attached hydrogens (primary N) is 1. The Hall–Kier alpha value is -3.21. The molecular weight excluding hydrogens is 274 g/mol. The molecule has 0 aliphatic heterocycles. The molecule has 0 spiro atoms. The molecule has 0 radical (unpaired) electrons. The highest BCUT2D eigenvalue weighted by Crippen LogP contribution is 2.35. The summed E-state index contributed by atoms with van der Waals surface area (Å²) in [7, 11) is 0. The van der Waals surface area contributed by atoms with Crippen LogP contribution in [0, 0.1) is 35.3 Å². The van der Waals surface area contributed by atoms with E-state index in [0.717, 1.165) is 6.33 Å². The molecule has 1 aromatic heterocycles. The minimum absolute atomic E-state index is 0.233. The Bertz CT molecular complexity index is 744. The second kappa shape index (κ2) is 5.42. The van der Waals surface area contributed by atoms with Crippen LogP contribution in [0.25, 0.3) is 0 Å².